The molecule has 0 heterocycles. The van der Waals surface area contributed by atoms with E-state index in [0.717, 1.165) is 29.4 Å². The summed E-state index contributed by atoms with van der Waals surface area (Å²) in [5.41, 5.74) is 0.864. The van der Waals surface area contributed by atoms with Crippen LogP contribution >= 0.6 is 0 Å². The first-order valence-corrected chi connectivity index (χ1v) is 14.7. The van der Waals surface area contributed by atoms with Gasteiger partial charge in [-0.1, -0.05) is 140 Å². The van der Waals surface area contributed by atoms with Gasteiger partial charge in [-0.3, -0.25) is 0 Å². The molecule has 0 spiro atoms. The van der Waals surface area contributed by atoms with E-state index in [1.54, 1.807) is 0 Å². The Balaban J connectivity index is 1.19. The second-order valence-corrected chi connectivity index (χ2v) is 10.4. The van der Waals surface area contributed by atoms with Crippen LogP contribution in [0.25, 0.3) is 21.5 Å². The minimum Gasteiger partial charge on any atom is -0.338 e. The minimum absolute atomic E-state index is 0.114. The number of urea groups is 1. The number of hydrogen-bond donors (Lipinski definition) is 2. The minimum atomic E-state index is -0.114. The lowest BCUT2D eigenvalue weighted by Gasteiger charge is -2.11. The van der Waals surface area contributed by atoms with Crippen LogP contribution in [-0.2, 0) is 0 Å². The molecule has 3 heteroatoms. The highest BCUT2D eigenvalue weighted by atomic mass is 16.2. The number of carbonyl (C=O) groups is 1. The Morgan fingerprint density at radius 2 is 1.08 bits per heavy atom. The number of carbonyl (C=O) groups excluding carboxylic acids is 1. The number of benzene rings is 3. The molecule has 0 aliphatic heterocycles. The largest absolute Gasteiger partial charge is 0.338 e. The topological polar surface area (TPSA) is 41.1 Å². The lowest BCUT2D eigenvalue weighted by molar-refractivity contribution is 0.252. The molecule has 0 aliphatic rings. The highest BCUT2D eigenvalue weighted by Gasteiger charge is 2.06. The van der Waals surface area contributed by atoms with Crippen molar-refractivity contribution >= 4 is 33.3 Å². The zero-order chi connectivity index (χ0) is 25.3. The van der Waals surface area contributed by atoms with Crippen molar-refractivity contribution in [3.63, 3.8) is 0 Å². The Kier molecular flexibility index (Phi) is 13.2. The lowest BCUT2D eigenvalue weighted by Crippen LogP contribution is -2.29. The monoisotopic (exact) mass is 488 g/mol. The second kappa shape index (κ2) is 17.0. The van der Waals surface area contributed by atoms with Crippen molar-refractivity contribution in [1.82, 2.24) is 5.32 Å². The van der Waals surface area contributed by atoms with E-state index >= 15 is 0 Å². The second-order valence-electron chi connectivity index (χ2n) is 10.4. The van der Waals surface area contributed by atoms with Crippen LogP contribution in [0.15, 0.2) is 54.6 Å². The number of unbranched alkanes of at least 4 members (excludes halogenated alkanes) is 15. The molecule has 3 aromatic rings. The summed E-state index contributed by atoms with van der Waals surface area (Å²) in [4.78, 5) is 12.5. The lowest BCUT2D eigenvalue weighted by atomic mass is 10.0. The molecular weight excluding hydrogens is 440 g/mol. The summed E-state index contributed by atoms with van der Waals surface area (Å²) in [7, 11) is 0. The van der Waals surface area contributed by atoms with Crippen LogP contribution in [0.3, 0.4) is 0 Å². The first kappa shape index (κ1) is 28.0. The normalized spacial score (nSPS) is 11.2. The maximum absolute atomic E-state index is 12.5. The van der Waals surface area contributed by atoms with Gasteiger partial charge in [0.1, 0.15) is 0 Å². The number of fused-ring (bicyclic) bond motifs is 2. The average Bonchev–Trinajstić information content (AvgIpc) is 2.89. The molecule has 3 rings (SSSR count). The zero-order valence-electron chi connectivity index (χ0n) is 22.6. The Morgan fingerprint density at radius 3 is 1.67 bits per heavy atom. The van der Waals surface area contributed by atoms with Gasteiger partial charge in [-0.2, -0.15) is 0 Å². The van der Waals surface area contributed by atoms with Gasteiger partial charge < -0.3 is 10.6 Å². The molecule has 0 radical (unpaired) electrons. The quantitative estimate of drug-likeness (QED) is 0.136. The summed E-state index contributed by atoms with van der Waals surface area (Å²) in [6, 6.07) is 18.7. The van der Waals surface area contributed by atoms with Crippen LogP contribution in [0.1, 0.15) is 110 Å². The molecule has 0 saturated carbocycles. The number of hydrogen-bond acceptors (Lipinski definition) is 1. The molecule has 0 saturated heterocycles. The molecule has 0 fully saturated rings. The van der Waals surface area contributed by atoms with Crippen molar-refractivity contribution in [2.75, 3.05) is 11.9 Å². The highest BCUT2D eigenvalue weighted by Crippen LogP contribution is 2.28. The van der Waals surface area contributed by atoms with Crippen LogP contribution in [0.5, 0.6) is 0 Å². The standard InChI is InChI=1S/C33H48N2O/c1-2-3-4-5-6-7-8-9-10-11-12-13-14-15-16-19-25-34-33(36)35-32-24-20-23-30-26-28-21-17-18-22-29(28)27-31(30)32/h17-18,20-24,26-27H,2-16,19,25H2,1H3,(H2,34,35,36). The number of amides is 2. The van der Waals surface area contributed by atoms with Crippen molar-refractivity contribution in [2.24, 2.45) is 0 Å². The van der Waals surface area contributed by atoms with Crippen molar-refractivity contribution in [3.8, 4) is 0 Å². The average molecular weight is 489 g/mol. The van der Waals surface area contributed by atoms with Crippen molar-refractivity contribution in [3.05, 3.63) is 54.6 Å². The predicted octanol–water partition coefficient (Wildman–Crippen LogP) is 10.4. The Labute approximate surface area is 219 Å². The molecule has 2 N–H and O–H groups in total. The number of anilines is 1. The fourth-order valence-electron chi connectivity index (χ4n) is 5.12. The molecule has 0 atom stereocenters. The molecule has 36 heavy (non-hydrogen) atoms. The SMILES string of the molecule is CCCCCCCCCCCCCCCCCCNC(=O)Nc1cccc2cc3ccccc3cc12. The van der Waals surface area contributed by atoms with E-state index in [0.29, 0.717) is 0 Å². The summed E-state index contributed by atoms with van der Waals surface area (Å²) >= 11 is 0. The Bertz CT molecular complexity index is 1030. The zero-order valence-corrected chi connectivity index (χ0v) is 22.6. The van der Waals surface area contributed by atoms with Gasteiger partial charge in [-0.15, -0.1) is 0 Å². The number of rotatable bonds is 18. The summed E-state index contributed by atoms with van der Waals surface area (Å²) < 4.78 is 0. The molecule has 3 aromatic carbocycles. The van der Waals surface area contributed by atoms with Crippen LogP contribution in [0, 0.1) is 0 Å². The van der Waals surface area contributed by atoms with Gasteiger partial charge in [0, 0.05) is 11.9 Å². The van der Waals surface area contributed by atoms with E-state index in [1.165, 1.54) is 107 Å². The van der Waals surface area contributed by atoms with Gasteiger partial charge in [0.05, 0.1) is 5.69 Å². The number of nitrogens with one attached hydrogen (secondary N) is 2. The third kappa shape index (κ3) is 10.2. The Hall–Kier alpha value is -2.55. The van der Waals surface area contributed by atoms with E-state index in [-0.39, 0.29) is 6.03 Å². The van der Waals surface area contributed by atoms with Crippen LogP contribution < -0.4 is 10.6 Å². The van der Waals surface area contributed by atoms with Crippen molar-refractivity contribution in [2.45, 2.75) is 110 Å². The summed E-state index contributed by atoms with van der Waals surface area (Å²) in [5, 5.41) is 10.7. The smallest absolute Gasteiger partial charge is 0.319 e. The van der Waals surface area contributed by atoms with E-state index in [9.17, 15) is 4.79 Å². The first-order valence-electron chi connectivity index (χ1n) is 14.7. The van der Waals surface area contributed by atoms with Gasteiger partial charge in [0.25, 0.3) is 0 Å². The molecule has 3 nitrogen and oxygen atoms in total. The van der Waals surface area contributed by atoms with E-state index in [1.807, 2.05) is 12.1 Å². The Morgan fingerprint density at radius 1 is 0.583 bits per heavy atom. The van der Waals surface area contributed by atoms with Crippen molar-refractivity contribution in [1.29, 1.82) is 0 Å². The van der Waals surface area contributed by atoms with E-state index < -0.39 is 0 Å². The van der Waals surface area contributed by atoms with Gasteiger partial charge >= 0.3 is 6.03 Å². The van der Waals surface area contributed by atoms with Gasteiger partial charge in [0.15, 0.2) is 0 Å². The summed E-state index contributed by atoms with van der Waals surface area (Å²) in [6.07, 6.45) is 21.8. The maximum atomic E-state index is 12.5. The van der Waals surface area contributed by atoms with E-state index in [4.69, 9.17) is 0 Å². The summed E-state index contributed by atoms with van der Waals surface area (Å²) in [6.45, 7) is 3.02. The molecule has 196 valence electrons. The van der Waals surface area contributed by atoms with Crippen molar-refractivity contribution < 1.29 is 4.79 Å². The highest BCUT2D eigenvalue weighted by molar-refractivity contribution is 6.07. The molecular formula is C33H48N2O. The molecule has 0 unspecified atom stereocenters. The summed E-state index contributed by atoms with van der Waals surface area (Å²) in [5.74, 6) is 0. The van der Waals surface area contributed by atoms with Crippen LogP contribution in [0.4, 0.5) is 10.5 Å². The van der Waals surface area contributed by atoms with Crippen LogP contribution in [0.2, 0.25) is 0 Å². The molecule has 2 amide bonds. The van der Waals surface area contributed by atoms with Crippen LogP contribution in [-0.4, -0.2) is 12.6 Å². The molecule has 0 aliphatic carbocycles. The van der Waals surface area contributed by atoms with Gasteiger partial charge in [0.2, 0.25) is 0 Å². The van der Waals surface area contributed by atoms with Gasteiger partial charge in [-0.05, 0) is 40.8 Å². The predicted molar refractivity (Wildman–Crippen MR) is 158 cm³/mol. The van der Waals surface area contributed by atoms with Gasteiger partial charge in [-0.25, -0.2) is 4.79 Å². The maximum Gasteiger partial charge on any atom is 0.319 e. The first-order chi connectivity index (χ1) is 17.8. The fourth-order valence-corrected chi connectivity index (χ4v) is 5.12. The fraction of sp³-hybridized carbons (Fsp3) is 0.545. The molecule has 0 aromatic heterocycles. The third-order valence-corrected chi connectivity index (χ3v) is 7.31. The van der Waals surface area contributed by atoms with E-state index in [2.05, 4.69) is 60.0 Å². The molecule has 0 bridgehead atoms. The third-order valence-electron chi connectivity index (χ3n) is 7.31.